The maximum atomic E-state index is 13.3. The molecule has 0 saturated carbocycles. The lowest BCUT2D eigenvalue weighted by Gasteiger charge is -2.05. The number of hydrogen-bond acceptors (Lipinski definition) is 2. The van der Waals surface area contributed by atoms with Gasteiger partial charge in [-0.25, -0.2) is 4.39 Å². The quantitative estimate of drug-likeness (QED) is 0.789. The molecule has 1 unspecified atom stereocenters. The van der Waals surface area contributed by atoms with Crippen molar-refractivity contribution in [2.75, 3.05) is 25.2 Å². The summed E-state index contributed by atoms with van der Waals surface area (Å²) in [6, 6.07) is 4.56. The predicted molar refractivity (Wildman–Crippen MR) is 64.9 cm³/mol. The lowest BCUT2D eigenvalue weighted by Crippen LogP contribution is -2.10. The molecule has 0 fully saturated rings. The first-order valence-corrected chi connectivity index (χ1v) is 6.78. The molecule has 1 atom stereocenters. The van der Waals surface area contributed by atoms with Gasteiger partial charge >= 0.3 is 0 Å². The van der Waals surface area contributed by atoms with Crippen LogP contribution in [0.2, 0.25) is 5.02 Å². The second-order valence-electron chi connectivity index (χ2n) is 3.29. The first-order chi connectivity index (χ1) is 7.65. The van der Waals surface area contributed by atoms with Crippen molar-refractivity contribution in [3.05, 3.63) is 34.6 Å². The normalized spacial score (nSPS) is 12.7. The molecule has 0 aromatic heterocycles. The van der Waals surface area contributed by atoms with Crippen LogP contribution >= 0.6 is 11.6 Å². The Labute approximate surface area is 102 Å². The van der Waals surface area contributed by atoms with E-state index in [2.05, 4.69) is 0 Å². The highest BCUT2D eigenvalue weighted by atomic mass is 35.5. The summed E-state index contributed by atoms with van der Waals surface area (Å²) in [5, 5.41) is 0.392. The van der Waals surface area contributed by atoms with Crippen LogP contribution in [0.1, 0.15) is 5.56 Å². The summed E-state index contributed by atoms with van der Waals surface area (Å²) in [5.41, 5.74) is 0.440. The molecule has 0 heterocycles. The number of ether oxygens (including phenoxy) is 1. The van der Waals surface area contributed by atoms with Crippen LogP contribution in [0.3, 0.4) is 0 Å². The van der Waals surface area contributed by atoms with Crippen molar-refractivity contribution in [2.24, 2.45) is 0 Å². The van der Waals surface area contributed by atoms with Gasteiger partial charge in [0.1, 0.15) is 5.82 Å². The van der Waals surface area contributed by atoms with Gasteiger partial charge in [-0.1, -0.05) is 17.7 Å². The summed E-state index contributed by atoms with van der Waals surface area (Å²) in [7, 11) is 0.573. The van der Waals surface area contributed by atoms with Gasteiger partial charge in [0.15, 0.2) is 0 Å². The number of methoxy groups -OCH3 is 1. The smallest absolute Gasteiger partial charge is 0.127 e. The fourth-order valence-corrected chi connectivity index (χ4v) is 2.51. The van der Waals surface area contributed by atoms with Crippen molar-refractivity contribution in [3.63, 3.8) is 0 Å². The summed E-state index contributed by atoms with van der Waals surface area (Å²) in [5.74, 6) is 0.545. The van der Waals surface area contributed by atoms with E-state index in [0.29, 0.717) is 35.1 Å². The molecule has 0 aliphatic heterocycles. The van der Waals surface area contributed by atoms with E-state index < -0.39 is 10.8 Å². The molecule has 0 amide bonds. The molecule has 0 aliphatic carbocycles. The average Bonchev–Trinajstić information content (AvgIpc) is 2.25. The highest BCUT2D eigenvalue weighted by Crippen LogP contribution is 2.19. The number of halogens is 2. The van der Waals surface area contributed by atoms with E-state index in [1.807, 2.05) is 0 Å². The first kappa shape index (κ1) is 13.6. The molecule has 1 aromatic carbocycles. The Morgan fingerprint density at radius 2 is 2.19 bits per heavy atom. The zero-order valence-electron chi connectivity index (χ0n) is 9.04. The second-order valence-corrected chi connectivity index (χ2v) is 5.39. The zero-order chi connectivity index (χ0) is 12.0. The maximum absolute atomic E-state index is 13.3. The van der Waals surface area contributed by atoms with E-state index in [1.54, 1.807) is 19.2 Å². The summed E-state index contributed by atoms with van der Waals surface area (Å²) in [4.78, 5) is 0. The Morgan fingerprint density at radius 3 is 2.81 bits per heavy atom. The molecule has 0 aliphatic rings. The van der Waals surface area contributed by atoms with Crippen LogP contribution in [-0.4, -0.2) is 29.4 Å². The minimum atomic E-state index is -0.987. The van der Waals surface area contributed by atoms with E-state index in [0.717, 1.165) is 0 Å². The molecule has 0 saturated heterocycles. The van der Waals surface area contributed by atoms with Crippen LogP contribution < -0.4 is 0 Å². The Morgan fingerprint density at radius 1 is 1.44 bits per heavy atom. The molecule has 0 spiro atoms. The van der Waals surface area contributed by atoms with Crippen LogP contribution in [0.4, 0.5) is 4.39 Å². The van der Waals surface area contributed by atoms with Crippen molar-refractivity contribution >= 4 is 22.4 Å². The van der Waals surface area contributed by atoms with E-state index in [9.17, 15) is 8.60 Å². The lowest BCUT2D eigenvalue weighted by atomic mass is 10.1. The predicted octanol–water partition coefficient (Wildman–Crippen LogP) is 2.42. The standard InChI is InChI=1S/C11H14ClFO2S/c1-15-6-8-16(14)7-5-9-10(12)3-2-4-11(9)13/h2-4H,5-8H2,1H3. The molecule has 2 nitrogen and oxygen atoms in total. The van der Waals surface area contributed by atoms with Gasteiger partial charge in [-0.2, -0.15) is 0 Å². The van der Waals surface area contributed by atoms with E-state index in [-0.39, 0.29) is 5.82 Å². The average molecular weight is 265 g/mol. The highest BCUT2D eigenvalue weighted by molar-refractivity contribution is 7.84. The van der Waals surface area contributed by atoms with E-state index in [1.165, 1.54) is 6.07 Å². The molecule has 1 rings (SSSR count). The number of benzene rings is 1. The molecule has 0 bridgehead atoms. The van der Waals surface area contributed by atoms with Crippen LogP contribution in [0.15, 0.2) is 18.2 Å². The summed E-state index contributed by atoms with van der Waals surface area (Å²) < 4.78 is 29.6. The second kappa shape index (κ2) is 6.99. The van der Waals surface area contributed by atoms with Gasteiger partial charge in [0.2, 0.25) is 0 Å². The van der Waals surface area contributed by atoms with Gasteiger partial charge < -0.3 is 4.74 Å². The van der Waals surface area contributed by atoms with Crippen molar-refractivity contribution in [3.8, 4) is 0 Å². The monoisotopic (exact) mass is 264 g/mol. The molecule has 0 radical (unpaired) electrons. The number of rotatable bonds is 6. The van der Waals surface area contributed by atoms with Crippen molar-refractivity contribution < 1.29 is 13.3 Å². The minimum absolute atomic E-state index is 0.337. The summed E-state index contributed by atoms with van der Waals surface area (Å²) in [6.07, 6.45) is 0.391. The van der Waals surface area contributed by atoms with Gasteiger partial charge in [-0.05, 0) is 18.6 Å². The zero-order valence-corrected chi connectivity index (χ0v) is 10.6. The van der Waals surface area contributed by atoms with Crippen LogP contribution in [0.5, 0.6) is 0 Å². The van der Waals surface area contributed by atoms with Crippen molar-refractivity contribution in [2.45, 2.75) is 6.42 Å². The molecule has 5 heteroatoms. The third kappa shape index (κ3) is 4.20. The summed E-state index contributed by atoms with van der Waals surface area (Å²) >= 11 is 5.85. The van der Waals surface area contributed by atoms with E-state index in [4.69, 9.17) is 16.3 Å². The molecule has 16 heavy (non-hydrogen) atoms. The molecule has 1 aromatic rings. The van der Waals surface area contributed by atoms with Gasteiger partial charge in [-0.3, -0.25) is 4.21 Å². The third-order valence-corrected chi connectivity index (χ3v) is 3.79. The van der Waals surface area contributed by atoms with Gasteiger partial charge in [-0.15, -0.1) is 0 Å². The topological polar surface area (TPSA) is 26.3 Å². The minimum Gasteiger partial charge on any atom is -0.384 e. The maximum Gasteiger partial charge on any atom is 0.127 e. The van der Waals surface area contributed by atoms with Crippen LogP contribution in [0.25, 0.3) is 0 Å². The fourth-order valence-electron chi connectivity index (χ4n) is 1.27. The Bertz CT molecular complexity index is 351. The Balaban J connectivity index is 2.51. The summed E-state index contributed by atoms with van der Waals surface area (Å²) in [6.45, 7) is 0.456. The third-order valence-electron chi connectivity index (χ3n) is 2.16. The molecule has 90 valence electrons. The lowest BCUT2D eigenvalue weighted by molar-refractivity contribution is 0.218. The number of hydrogen-bond donors (Lipinski definition) is 0. The highest BCUT2D eigenvalue weighted by Gasteiger charge is 2.08. The fraction of sp³-hybridized carbons (Fsp3) is 0.455. The van der Waals surface area contributed by atoms with Gasteiger partial charge in [0.05, 0.1) is 6.61 Å². The van der Waals surface area contributed by atoms with Crippen molar-refractivity contribution in [1.82, 2.24) is 0 Å². The molecule has 0 N–H and O–H groups in total. The largest absolute Gasteiger partial charge is 0.384 e. The van der Waals surface area contributed by atoms with Gasteiger partial charge in [0, 0.05) is 40.0 Å². The Kier molecular flexibility index (Phi) is 5.95. The first-order valence-electron chi connectivity index (χ1n) is 4.92. The van der Waals surface area contributed by atoms with Crippen molar-refractivity contribution in [1.29, 1.82) is 0 Å². The van der Waals surface area contributed by atoms with Crippen LogP contribution in [-0.2, 0) is 22.0 Å². The van der Waals surface area contributed by atoms with E-state index >= 15 is 0 Å². The van der Waals surface area contributed by atoms with Gasteiger partial charge in [0.25, 0.3) is 0 Å². The Hall–Kier alpha value is -0.450. The van der Waals surface area contributed by atoms with Crippen LogP contribution in [0, 0.1) is 5.82 Å². The molecular formula is C11H14ClFO2S. The molecular weight excluding hydrogens is 251 g/mol. The SMILES string of the molecule is COCCS(=O)CCc1c(F)cccc1Cl.